The summed E-state index contributed by atoms with van der Waals surface area (Å²) < 4.78 is 57.0. The van der Waals surface area contributed by atoms with Crippen molar-refractivity contribution < 1.29 is 27.1 Å². The van der Waals surface area contributed by atoms with Crippen LogP contribution < -0.4 is 4.74 Å². The lowest BCUT2D eigenvalue weighted by molar-refractivity contribution is 0.0711. The monoisotopic (exact) mass is 285 g/mol. The molecule has 104 valence electrons. The number of ether oxygens (including phenoxy) is 1. The van der Waals surface area contributed by atoms with Crippen LogP contribution in [0.4, 0.5) is 17.6 Å². The number of rotatable bonds is 2. The average Bonchev–Trinajstić information content (AvgIpc) is 2.42. The van der Waals surface area contributed by atoms with Gasteiger partial charge >= 0.3 is 5.97 Å². The Labute approximate surface area is 110 Å². The van der Waals surface area contributed by atoms with Gasteiger partial charge in [0.15, 0.2) is 17.3 Å². The number of halogens is 4. The van der Waals surface area contributed by atoms with E-state index in [2.05, 4.69) is 14.9 Å². The Hall–Kier alpha value is -2.51. The van der Waals surface area contributed by atoms with Crippen LogP contribution >= 0.6 is 0 Å². The third-order valence-electron chi connectivity index (χ3n) is 2.33. The van der Waals surface area contributed by atoms with Crippen molar-refractivity contribution in [3.63, 3.8) is 0 Å². The van der Waals surface area contributed by atoms with Crippen molar-refractivity contribution in [1.29, 1.82) is 0 Å². The standard InChI is InChI=1S/C12H6F4N2O2/c1-5-4-6(13)10(16)11(9(5)15)20-12(19)7-2-3-8(14)18-17-7/h2-4H,1H3/i14-1. The molecule has 0 saturated carbocycles. The molecule has 1 heterocycles. The number of aromatic nitrogens is 2. The van der Waals surface area contributed by atoms with E-state index in [1.807, 2.05) is 0 Å². The minimum Gasteiger partial charge on any atom is -0.415 e. The van der Waals surface area contributed by atoms with Crippen LogP contribution in [-0.2, 0) is 0 Å². The van der Waals surface area contributed by atoms with Crippen molar-refractivity contribution >= 4 is 5.97 Å². The lowest BCUT2D eigenvalue weighted by Gasteiger charge is -2.08. The second-order valence-corrected chi connectivity index (χ2v) is 3.76. The maximum Gasteiger partial charge on any atom is 0.364 e. The number of benzene rings is 1. The number of carbonyl (C=O) groups excluding carboxylic acids is 1. The van der Waals surface area contributed by atoms with Crippen molar-refractivity contribution in [2.45, 2.75) is 6.92 Å². The zero-order valence-electron chi connectivity index (χ0n) is 9.95. The predicted molar refractivity (Wildman–Crippen MR) is 58.0 cm³/mol. The van der Waals surface area contributed by atoms with Crippen LogP contribution in [0.25, 0.3) is 0 Å². The molecule has 0 unspecified atom stereocenters. The van der Waals surface area contributed by atoms with Crippen molar-refractivity contribution in [3.8, 4) is 5.75 Å². The first-order chi connectivity index (χ1) is 9.40. The fourth-order valence-corrected chi connectivity index (χ4v) is 1.36. The SMILES string of the molecule is Cc1cc(F)c(F)c(OC(=O)c2ccc([18F])nn2)c1F. The van der Waals surface area contributed by atoms with E-state index in [1.165, 1.54) is 6.92 Å². The largest absolute Gasteiger partial charge is 0.415 e. The summed E-state index contributed by atoms with van der Waals surface area (Å²) in [6.07, 6.45) is 0. The Balaban J connectivity index is 2.35. The Morgan fingerprint density at radius 2 is 1.80 bits per heavy atom. The van der Waals surface area contributed by atoms with Crippen LogP contribution in [0.2, 0.25) is 0 Å². The predicted octanol–water partition coefficient (Wildman–Crippen LogP) is 2.56. The van der Waals surface area contributed by atoms with Gasteiger partial charge in [-0.15, -0.1) is 10.2 Å². The molecule has 0 radical (unpaired) electrons. The third kappa shape index (κ3) is 2.58. The van der Waals surface area contributed by atoms with E-state index in [4.69, 9.17) is 0 Å². The minimum absolute atomic E-state index is 0.239. The molecule has 1 aromatic carbocycles. The maximum absolute atomic E-state index is 13.6. The van der Waals surface area contributed by atoms with Crippen LogP contribution in [0.15, 0.2) is 18.2 Å². The second kappa shape index (κ2) is 5.24. The molecule has 2 rings (SSSR count). The molecular weight excluding hydrogens is 279 g/mol. The summed E-state index contributed by atoms with van der Waals surface area (Å²) in [4.78, 5) is 11.5. The van der Waals surface area contributed by atoms with Crippen LogP contribution in [0.3, 0.4) is 0 Å². The van der Waals surface area contributed by atoms with Gasteiger partial charge in [0.05, 0.1) is 0 Å². The van der Waals surface area contributed by atoms with E-state index >= 15 is 0 Å². The average molecular weight is 285 g/mol. The van der Waals surface area contributed by atoms with Gasteiger partial charge in [0, 0.05) is 0 Å². The van der Waals surface area contributed by atoms with E-state index in [1.54, 1.807) is 0 Å². The summed E-state index contributed by atoms with van der Waals surface area (Å²) in [5.74, 6) is -7.64. The van der Waals surface area contributed by atoms with Gasteiger partial charge in [-0.2, -0.15) is 8.78 Å². The molecule has 0 bridgehead atoms. The lowest BCUT2D eigenvalue weighted by atomic mass is 10.2. The summed E-state index contributed by atoms with van der Waals surface area (Å²) >= 11 is 0. The summed E-state index contributed by atoms with van der Waals surface area (Å²) in [5.41, 5.74) is -0.719. The van der Waals surface area contributed by atoms with E-state index in [-0.39, 0.29) is 5.56 Å². The van der Waals surface area contributed by atoms with Gasteiger partial charge in [-0.3, -0.25) is 0 Å². The van der Waals surface area contributed by atoms with Gasteiger partial charge in [0.25, 0.3) is 0 Å². The molecule has 2 aromatic rings. The molecule has 0 spiro atoms. The highest BCUT2D eigenvalue weighted by atomic mass is 19.2. The summed E-state index contributed by atoms with van der Waals surface area (Å²) in [5, 5.41) is 6.08. The number of hydrogen-bond donors (Lipinski definition) is 0. The Kier molecular flexibility index (Phi) is 3.64. The minimum atomic E-state index is -1.64. The number of nitrogens with zero attached hydrogens (tertiary/aromatic N) is 2. The van der Waals surface area contributed by atoms with Crippen LogP contribution in [-0.4, -0.2) is 16.2 Å². The molecule has 0 saturated heterocycles. The van der Waals surface area contributed by atoms with Crippen LogP contribution in [0.1, 0.15) is 16.1 Å². The highest BCUT2D eigenvalue weighted by Crippen LogP contribution is 2.27. The first-order valence-corrected chi connectivity index (χ1v) is 5.25. The van der Waals surface area contributed by atoms with Gasteiger partial charge in [0.1, 0.15) is 0 Å². The van der Waals surface area contributed by atoms with E-state index in [0.717, 1.165) is 12.1 Å². The van der Waals surface area contributed by atoms with Gasteiger partial charge in [-0.1, -0.05) is 0 Å². The molecule has 8 heteroatoms. The Morgan fingerprint density at radius 3 is 2.40 bits per heavy atom. The number of carbonyl (C=O) groups is 1. The molecule has 1 aromatic heterocycles. The highest BCUT2D eigenvalue weighted by Gasteiger charge is 2.22. The molecule has 0 aliphatic rings. The molecule has 4 nitrogen and oxygen atoms in total. The van der Waals surface area contributed by atoms with Crippen molar-refractivity contribution in [2.75, 3.05) is 0 Å². The Morgan fingerprint density at radius 1 is 1.10 bits per heavy atom. The molecule has 20 heavy (non-hydrogen) atoms. The summed E-state index contributed by atoms with van der Waals surface area (Å²) in [6.45, 7) is 1.17. The first kappa shape index (κ1) is 13.9. The van der Waals surface area contributed by atoms with Gasteiger partial charge in [0.2, 0.25) is 17.5 Å². The molecule has 0 fully saturated rings. The van der Waals surface area contributed by atoms with Gasteiger partial charge < -0.3 is 4.74 Å². The summed E-state index contributed by atoms with van der Waals surface area (Å²) in [6, 6.07) is 2.35. The zero-order chi connectivity index (χ0) is 14.9. The molecule has 0 atom stereocenters. The topological polar surface area (TPSA) is 52.1 Å². The van der Waals surface area contributed by atoms with E-state index < -0.39 is 40.8 Å². The van der Waals surface area contributed by atoms with Crippen molar-refractivity contribution in [2.24, 2.45) is 0 Å². The van der Waals surface area contributed by atoms with Crippen LogP contribution in [0.5, 0.6) is 5.75 Å². The van der Waals surface area contributed by atoms with Gasteiger partial charge in [-0.05, 0) is 30.7 Å². The van der Waals surface area contributed by atoms with E-state index in [9.17, 15) is 22.4 Å². The number of aryl methyl sites for hydroxylation is 1. The fourth-order valence-electron chi connectivity index (χ4n) is 1.36. The molecular formula is C12H6F4N2O2. The third-order valence-corrected chi connectivity index (χ3v) is 2.33. The quantitative estimate of drug-likeness (QED) is 0.368. The molecule has 0 aliphatic carbocycles. The second-order valence-electron chi connectivity index (χ2n) is 3.76. The highest BCUT2D eigenvalue weighted by molar-refractivity contribution is 5.88. The van der Waals surface area contributed by atoms with Crippen LogP contribution in [0, 0.1) is 30.3 Å². The fraction of sp³-hybridized carbons (Fsp3) is 0.0833. The molecule has 0 N–H and O–H groups in total. The van der Waals surface area contributed by atoms with E-state index in [0.29, 0.717) is 6.07 Å². The number of esters is 1. The lowest BCUT2D eigenvalue weighted by Crippen LogP contribution is -2.14. The zero-order valence-corrected chi connectivity index (χ0v) is 9.95. The Bertz CT molecular complexity index is 648. The smallest absolute Gasteiger partial charge is 0.364 e. The number of hydrogen-bond acceptors (Lipinski definition) is 4. The first-order valence-electron chi connectivity index (χ1n) is 5.25. The molecule has 0 amide bonds. The summed E-state index contributed by atoms with van der Waals surface area (Å²) in [7, 11) is 0. The van der Waals surface area contributed by atoms with Crippen molar-refractivity contribution in [1.82, 2.24) is 10.2 Å². The van der Waals surface area contributed by atoms with Crippen molar-refractivity contribution in [3.05, 3.63) is 52.9 Å². The molecule has 0 aliphatic heterocycles. The van der Waals surface area contributed by atoms with Gasteiger partial charge in [-0.25, -0.2) is 13.6 Å². The normalized spacial score (nSPS) is 10.4. The maximum atomic E-state index is 13.6.